The normalized spacial score (nSPS) is 10.1. The fraction of sp³-hybridized carbons (Fsp3) is 0.0769. The molecule has 0 saturated heterocycles. The lowest BCUT2D eigenvalue weighted by molar-refractivity contribution is 0.101. The molecule has 1 aromatic heterocycles. The summed E-state index contributed by atoms with van der Waals surface area (Å²) in [6.45, 7) is 1.47. The van der Waals surface area contributed by atoms with Gasteiger partial charge in [-0.2, -0.15) is 0 Å². The molecule has 0 spiro atoms. The molecular formula is C13H11NO2. The summed E-state index contributed by atoms with van der Waals surface area (Å²) in [7, 11) is 0. The minimum atomic E-state index is -0.184. The predicted octanol–water partition coefficient (Wildman–Crippen LogP) is 2.24. The summed E-state index contributed by atoms with van der Waals surface area (Å²) in [4.78, 5) is 25.4. The van der Waals surface area contributed by atoms with E-state index in [1.165, 1.54) is 13.1 Å². The summed E-state index contributed by atoms with van der Waals surface area (Å²) in [5, 5.41) is 0. The van der Waals surface area contributed by atoms with Crippen LogP contribution in [0.25, 0.3) is 11.1 Å². The molecule has 2 aromatic rings. The Balaban J connectivity index is 2.61. The molecule has 3 nitrogen and oxygen atoms in total. The number of carbonyl (C=O) groups is 1. The van der Waals surface area contributed by atoms with Crippen LogP contribution in [0.5, 0.6) is 0 Å². The Morgan fingerprint density at radius 3 is 2.50 bits per heavy atom. The number of Topliss-reactive ketones (excluding diaryl/α,β-unsaturated/α-hetero) is 1. The van der Waals surface area contributed by atoms with E-state index in [9.17, 15) is 9.59 Å². The van der Waals surface area contributed by atoms with Gasteiger partial charge in [-0.1, -0.05) is 30.3 Å². The summed E-state index contributed by atoms with van der Waals surface area (Å²) in [5.74, 6) is -0.0616. The first-order valence-corrected chi connectivity index (χ1v) is 4.97. The lowest BCUT2D eigenvalue weighted by Gasteiger charge is -2.01. The molecule has 2 rings (SSSR count). The van der Waals surface area contributed by atoms with Gasteiger partial charge in [0, 0.05) is 17.3 Å². The summed E-state index contributed by atoms with van der Waals surface area (Å²) < 4.78 is 0. The van der Waals surface area contributed by atoms with Gasteiger partial charge < -0.3 is 4.98 Å². The van der Waals surface area contributed by atoms with Gasteiger partial charge in [0.1, 0.15) is 0 Å². The molecule has 0 unspecified atom stereocenters. The maximum atomic E-state index is 11.6. The van der Waals surface area contributed by atoms with Crippen molar-refractivity contribution in [3.8, 4) is 11.1 Å². The molecular weight excluding hydrogens is 202 g/mol. The van der Waals surface area contributed by atoms with Crippen molar-refractivity contribution in [1.29, 1.82) is 0 Å². The summed E-state index contributed by atoms with van der Waals surface area (Å²) in [5.41, 5.74) is 1.66. The Morgan fingerprint density at radius 1 is 1.19 bits per heavy atom. The van der Waals surface area contributed by atoms with Crippen LogP contribution < -0.4 is 5.56 Å². The number of pyridine rings is 1. The van der Waals surface area contributed by atoms with Gasteiger partial charge in [0.25, 0.3) is 5.56 Å². The summed E-state index contributed by atoms with van der Waals surface area (Å²) >= 11 is 0. The van der Waals surface area contributed by atoms with Crippen molar-refractivity contribution in [1.82, 2.24) is 4.98 Å². The van der Waals surface area contributed by atoms with Gasteiger partial charge in [-0.05, 0) is 18.6 Å². The molecule has 0 aliphatic carbocycles. The molecule has 0 amide bonds. The van der Waals surface area contributed by atoms with Gasteiger partial charge in [-0.3, -0.25) is 9.59 Å². The van der Waals surface area contributed by atoms with E-state index in [2.05, 4.69) is 4.98 Å². The van der Waals surface area contributed by atoms with Crippen molar-refractivity contribution >= 4 is 5.78 Å². The van der Waals surface area contributed by atoms with E-state index in [1.807, 2.05) is 30.3 Å². The quantitative estimate of drug-likeness (QED) is 0.778. The second-order valence-corrected chi connectivity index (χ2v) is 3.55. The summed E-state index contributed by atoms with van der Waals surface area (Å²) in [6, 6.07) is 10.9. The lowest BCUT2D eigenvalue weighted by Crippen LogP contribution is -2.10. The molecule has 0 aliphatic rings. The van der Waals surface area contributed by atoms with Crippen LogP contribution in [0.3, 0.4) is 0 Å². The highest BCUT2D eigenvalue weighted by molar-refractivity contribution is 5.94. The van der Waals surface area contributed by atoms with Crippen molar-refractivity contribution in [2.75, 3.05) is 0 Å². The SMILES string of the molecule is CC(=O)c1c[nH]c(=O)c(-c2ccccc2)c1. The number of hydrogen-bond donors (Lipinski definition) is 1. The van der Waals surface area contributed by atoms with Crippen LogP contribution in [0.1, 0.15) is 17.3 Å². The zero-order valence-corrected chi connectivity index (χ0v) is 8.86. The topological polar surface area (TPSA) is 49.9 Å². The van der Waals surface area contributed by atoms with E-state index in [0.717, 1.165) is 5.56 Å². The zero-order chi connectivity index (χ0) is 11.5. The second-order valence-electron chi connectivity index (χ2n) is 3.55. The van der Waals surface area contributed by atoms with Crippen LogP contribution >= 0.6 is 0 Å². The minimum Gasteiger partial charge on any atom is -0.328 e. The highest BCUT2D eigenvalue weighted by Gasteiger charge is 2.06. The Morgan fingerprint density at radius 2 is 1.88 bits per heavy atom. The number of nitrogens with one attached hydrogen (secondary N) is 1. The third-order valence-electron chi connectivity index (χ3n) is 2.39. The zero-order valence-electron chi connectivity index (χ0n) is 8.86. The Labute approximate surface area is 92.8 Å². The highest BCUT2D eigenvalue weighted by Crippen LogP contribution is 2.15. The second kappa shape index (κ2) is 4.14. The molecule has 0 atom stereocenters. The molecule has 1 heterocycles. The van der Waals surface area contributed by atoms with Gasteiger partial charge in [0.15, 0.2) is 5.78 Å². The fourth-order valence-corrected chi connectivity index (χ4v) is 1.52. The maximum absolute atomic E-state index is 11.6. The molecule has 1 aromatic carbocycles. The van der Waals surface area contributed by atoms with E-state index in [1.54, 1.807) is 6.07 Å². The van der Waals surface area contributed by atoms with Crippen LogP contribution in [0.4, 0.5) is 0 Å². The minimum absolute atomic E-state index is 0.0616. The van der Waals surface area contributed by atoms with Gasteiger partial charge in [-0.25, -0.2) is 0 Å². The van der Waals surface area contributed by atoms with Crippen molar-refractivity contribution in [2.45, 2.75) is 6.92 Å². The first-order valence-electron chi connectivity index (χ1n) is 4.97. The molecule has 1 N–H and O–H groups in total. The van der Waals surface area contributed by atoms with E-state index in [4.69, 9.17) is 0 Å². The average Bonchev–Trinajstić information content (AvgIpc) is 2.30. The molecule has 16 heavy (non-hydrogen) atoms. The smallest absolute Gasteiger partial charge is 0.255 e. The first kappa shape index (κ1) is 10.4. The Kier molecular flexibility index (Phi) is 2.68. The van der Waals surface area contributed by atoms with Crippen LogP contribution in [0, 0.1) is 0 Å². The van der Waals surface area contributed by atoms with Crippen molar-refractivity contribution in [3.63, 3.8) is 0 Å². The van der Waals surface area contributed by atoms with E-state index in [0.29, 0.717) is 11.1 Å². The van der Waals surface area contributed by atoms with E-state index < -0.39 is 0 Å². The van der Waals surface area contributed by atoms with E-state index >= 15 is 0 Å². The number of hydrogen-bond acceptors (Lipinski definition) is 2. The standard InChI is InChI=1S/C13H11NO2/c1-9(15)11-7-12(13(16)14-8-11)10-5-3-2-4-6-10/h2-8H,1H3,(H,14,16). The molecule has 0 saturated carbocycles. The fourth-order valence-electron chi connectivity index (χ4n) is 1.52. The number of carbonyl (C=O) groups excluding carboxylic acids is 1. The van der Waals surface area contributed by atoms with Gasteiger partial charge >= 0.3 is 0 Å². The van der Waals surface area contributed by atoms with Gasteiger partial charge in [-0.15, -0.1) is 0 Å². The van der Waals surface area contributed by atoms with E-state index in [-0.39, 0.29) is 11.3 Å². The predicted molar refractivity (Wildman–Crippen MR) is 62.5 cm³/mol. The number of ketones is 1. The molecule has 0 bridgehead atoms. The van der Waals surface area contributed by atoms with Crippen molar-refractivity contribution in [2.24, 2.45) is 0 Å². The number of benzene rings is 1. The van der Waals surface area contributed by atoms with Crippen LogP contribution in [0.2, 0.25) is 0 Å². The maximum Gasteiger partial charge on any atom is 0.255 e. The number of aromatic amines is 1. The number of H-pyrrole nitrogens is 1. The highest BCUT2D eigenvalue weighted by atomic mass is 16.1. The monoisotopic (exact) mass is 213 g/mol. The van der Waals surface area contributed by atoms with Crippen LogP contribution in [0.15, 0.2) is 47.4 Å². The van der Waals surface area contributed by atoms with Crippen molar-refractivity contribution in [3.05, 3.63) is 58.5 Å². The van der Waals surface area contributed by atoms with Gasteiger partial charge in [0.2, 0.25) is 0 Å². The lowest BCUT2D eigenvalue weighted by atomic mass is 10.0. The molecule has 0 aliphatic heterocycles. The first-order chi connectivity index (χ1) is 7.68. The molecule has 0 fully saturated rings. The Bertz CT molecular complexity index is 570. The van der Waals surface area contributed by atoms with Crippen LogP contribution in [-0.4, -0.2) is 10.8 Å². The largest absolute Gasteiger partial charge is 0.328 e. The molecule has 3 heteroatoms. The van der Waals surface area contributed by atoms with Crippen LogP contribution in [-0.2, 0) is 0 Å². The number of rotatable bonds is 2. The Hall–Kier alpha value is -2.16. The third-order valence-corrected chi connectivity index (χ3v) is 2.39. The van der Waals surface area contributed by atoms with Gasteiger partial charge in [0.05, 0.1) is 0 Å². The van der Waals surface area contributed by atoms with Crippen molar-refractivity contribution < 1.29 is 4.79 Å². The molecule has 0 radical (unpaired) electrons. The average molecular weight is 213 g/mol. The molecule has 80 valence electrons. The third kappa shape index (κ3) is 1.93. The number of aromatic nitrogens is 1. The summed E-state index contributed by atoms with van der Waals surface area (Å²) in [6.07, 6.45) is 1.44.